The van der Waals surface area contributed by atoms with Crippen LogP contribution in [0.25, 0.3) is 38.6 Å². The summed E-state index contributed by atoms with van der Waals surface area (Å²) < 4.78 is 2.36. The largest absolute Gasteiger partial charge is 0.311 e. The van der Waals surface area contributed by atoms with Crippen LogP contribution in [0.3, 0.4) is 0 Å². The van der Waals surface area contributed by atoms with Gasteiger partial charge in [-0.25, -0.2) is 0 Å². The highest BCUT2D eigenvalue weighted by atomic mass is 15.1. The van der Waals surface area contributed by atoms with E-state index in [0.717, 1.165) is 22.7 Å². The lowest BCUT2D eigenvalue weighted by Crippen LogP contribution is -2.20. The van der Waals surface area contributed by atoms with Crippen LogP contribution in [0.5, 0.6) is 0 Å². The molecule has 0 saturated carbocycles. The summed E-state index contributed by atoms with van der Waals surface area (Å²) in [6.45, 7) is 6.82. The Labute approximate surface area is 283 Å². The predicted octanol–water partition coefficient (Wildman–Crippen LogP) is 12.6. The summed E-state index contributed by atoms with van der Waals surface area (Å²) in [6.07, 6.45) is 0. The van der Waals surface area contributed by atoms with Crippen LogP contribution in [-0.2, 0) is 5.41 Å². The van der Waals surface area contributed by atoms with E-state index < -0.39 is 0 Å². The number of para-hydroxylation sites is 3. The summed E-state index contributed by atoms with van der Waals surface area (Å²) in [5.74, 6) is 0. The van der Waals surface area contributed by atoms with Gasteiger partial charge in [-0.05, 0) is 95.4 Å². The molecule has 0 atom stereocenters. The van der Waals surface area contributed by atoms with Crippen LogP contribution >= 0.6 is 0 Å². The molecule has 0 fully saturated rings. The Morgan fingerprint density at radius 1 is 0.438 bits per heavy atom. The highest BCUT2D eigenvalue weighted by molar-refractivity contribution is 6.09. The highest BCUT2D eigenvalue weighted by Crippen LogP contribution is 2.38. The zero-order valence-corrected chi connectivity index (χ0v) is 27.6. The third-order valence-electron chi connectivity index (χ3n) is 9.84. The van der Waals surface area contributed by atoms with Gasteiger partial charge in [0.2, 0.25) is 0 Å². The molecule has 0 unspecified atom stereocenters. The molecule has 0 N–H and O–H groups in total. The Kier molecular flexibility index (Phi) is 7.42. The molecule has 0 radical (unpaired) electrons. The molecule has 1 aromatic heterocycles. The molecule has 0 amide bonds. The van der Waals surface area contributed by atoms with Crippen LogP contribution in [0, 0.1) is 6.92 Å². The maximum absolute atomic E-state index is 2.36. The van der Waals surface area contributed by atoms with Crippen LogP contribution in [0.15, 0.2) is 176 Å². The van der Waals surface area contributed by atoms with Crippen molar-refractivity contribution in [2.45, 2.75) is 26.2 Å². The minimum atomic E-state index is -0.0684. The Hall–Kier alpha value is -5.86. The van der Waals surface area contributed by atoms with Gasteiger partial charge in [0.15, 0.2) is 0 Å². The Morgan fingerprint density at radius 2 is 0.896 bits per heavy atom. The van der Waals surface area contributed by atoms with E-state index in [-0.39, 0.29) is 5.41 Å². The van der Waals surface area contributed by atoms with Gasteiger partial charge in [-0.2, -0.15) is 0 Å². The molecule has 2 nitrogen and oxygen atoms in total. The topological polar surface area (TPSA) is 8.17 Å². The van der Waals surface area contributed by atoms with Crippen molar-refractivity contribution in [3.8, 4) is 16.8 Å². The SMILES string of the molecule is Cc1ccccc1C(C)(C)c1ccc(-c2ccc(N(c3ccccc3)c3ccc(-n4c5ccccc5c5ccccc54)cc3)cc2)cc1. The molecule has 0 aliphatic heterocycles. The van der Waals surface area contributed by atoms with Gasteiger partial charge in [0.1, 0.15) is 0 Å². The van der Waals surface area contributed by atoms with Crippen LogP contribution in [-0.4, -0.2) is 4.57 Å². The van der Waals surface area contributed by atoms with E-state index in [1.165, 1.54) is 49.6 Å². The molecule has 48 heavy (non-hydrogen) atoms. The average Bonchev–Trinajstić information content (AvgIpc) is 3.47. The van der Waals surface area contributed by atoms with Gasteiger partial charge < -0.3 is 9.47 Å². The fraction of sp³-hybridized carbons (Fsp3) is 0.0870. The first-order valence-electron chi connectivity index (χ1n) is 16.7. The molecule has 0 aliphatic carbocycles. The van der Waals surface area contributed by atoms with Crippen molar-refractivity contribution in [3.63, 3.8) is 0 Å². The Balaban J connectivity index is 1.12. The van der Waals surface area contributed by atoms with Gasteiger partial charge in [0.05, 0.1) is 11.0 Å². The summed E-state index contributed by atoms with van der Waals surface area (Å²) in [7, 11) is 0. The monoisotopic (exact) mass is 618 g/mol. The molecule has 8 rings (SSSR count). The van der Waals surface area contributed by atoms with E-state index in [4.69, 9.17) is 0 Å². The minimum Gasteiger partial charge on any atom is -0.311 e. The van der Waals surface area contributed by atoms with Crippen LogP contribution in [0.2, 0.25) is 0 Å². The second kappa shape index (κ2) is 12.1. The summed E-state index contributed by atoms with van der Waals surface area (Å²) in [6, 6.07) is 63.6. The number of nitrogens with zero attached hydrogens (tertiary/aromatic N) is 2. The van der Waals surface area contributed by atoms with Crippen molar-refractivity contribution < 1.29 is 0 Å². The van der Waals surface area contributed by atoms with Gasteiger partial charge in [0.25, 0.3) is 0 Å². The van der Waals surface area contributed by atoms with Crippen LogP contribution in [0.1, 0.15) is 30.5 Å². The number of fused-ring (bicyclic) bond motifs is 3. The number of hydrogen-bond donors (Lipinski definition) is 0. The van der Waals surface area contributed by atoms with E-state index >= 15 is 0 Å². The first-order chi connectivity index (χ1) is 23.5. The molecule has 0 saturated heterocycles. The minimum absolute atomic E-state index is 0.0684. The van der Waals surface area contributed by atoms with Crippen molar-refractivity contribution in [2.75, 3.05) is 4.90 Å². The molecule has 0 bridgehead atoms. The quantitative estimate of drug-likeness (QED) is 0.172. The standard InChI is InChI=1S/C46H38N2/c1-33-13-7-10-18-43(33)46(2,3)36-25-21-34(22-26-36)35-23-27-38(28-24-35)47(37-14-5-4-6-15-37)39-29-31-40(32-30-39)48-44-19-11-8-16-41(44)42-17-9-12-20-45(42)48/h4-32H,1-3H3. The first kappa shape index (κ1) is 29.5. The van der Waals surface area contributed by atoms with Crippen LogP contribution < -0.4 is 4.90 Å². The number of hydrogen-bond acceptors (Lipinski definition) is 1. The number of aryl methyl sites for hydroxylation is 1. The van der Waals surface area contributed by atoms with E-state index in [1.54, 1.807) is 0 Å². The number of benzene rings is 7. The van der Waals surface area contributed by atoms with Gasteiger partial charge in [0, 0.05) is 38.9 Å². The zero-order chi connectivity index (χ0) is 32.7. The zero-order valence-electron chi connectivity index (χ0n) is 27.6. The van der Waals surface area contributed by atoms with E-state index in [2.05, 4.69) is 206 Å². The highest BCUT2D eigenvalue weighted by Gasteiger charge is 2.24. The molecular weight excluding hydrogens is 581 g/mol. The molecule has 7 aromatic carbocycles. The molecule has 0 spiro atoms. The van der Waals surface area contributed by atoms with Gasteiger partial charge in [-0.1, -0.05) is 129 Å². The van der Waals surface area contributed by atoms with E-state index in [0.29, 0.717) is 0 Å². The third-order valence-corrected chi connectivity index (χ3v) is 9.84. The number of rotatable bonds is 7. The van der Waals surface area contributed by atoms with Crippen molar-refractivity contribution in [2.24, 2.45) is 0 Å². The summed E-state index contributed by atoms with van der Waals surface area (Å²) in [4.78, 5) is 2.33. The molecule has 1 heterocycles. The maximum Gasteiger partial charge on any atom is 0.0541 e. The maximum atomic E-state index is 2.36. The van der Waals surface area contributed by atoms with Crippen molar-refractivity contribution in [3.05, 3.63) is 193 Å². The molecule has 2 heteroatoms. The number of anilines is 3. The normalized spacial score (nSPS) is 11.6. The van der Waals surface area contributed by atoms with Gasteiger partial charge in [-0.3, -0.25) is 0 Å². The van der Waals surface area contributed by atoms with Gasteiger partial charge in [-0.15, -0.1) is 0 Å². The third kappa shape index (κ3) is 5.16. The lowest BCUT2D eigenvalue weighted by Gasteiger charge is -2.28. The van der Waals surface area contributed by atoms with Crippen molar-refractivity contribution >= 4 is 38.9 Å². The van der Waals surface area contributed by atoms with Crippen molar-refractivity contribution in [1.82, 2.24) is 4.57 Å². The van der Waals surface area contributed by atoms with Crippen LogP contribution in [0.4, 0.5) is 17.1 Å². The average molecular weight is 619 g/mol. The summed E-state index contributed by atoms with van der Waals surface area (Å²) in [5.41, 5.74) is 13.3. The Bertz CT molecular complexity index is 2290. The number of aromatic nitrogens is 1. The fourth-order valence-corrected chi connectivity index (χ4v) is 7.29. The van der Waals surface area contributed by atoms with E-state index in [1.807, 2.05) is 0 Å². The Morgan fingerprint density at radius 3 is 1.48 bits per heavy atom. The lowest BCUT2D eigenvalue weighted by atomic mass is 9.76. The molecule has 8 aromatic rings. The summed E-state index contributed by atoms with van der Waals surface area (Å²) >= 11 is 0. The molecule has 0 aliphatic rings. The second-order valence-electron chi connectivity index (χ2n) is 13.1. The predicted molar refractivity (Wildman–Crippen MR) is 204 cm³/mol. The molecule has 232 valence electrons. The second-order valence-corrected chi connectivity index (χ2v) is 13.1. The fourth-order valence-electron chi connectivity index (χ4n) is 7.29. The van der Waals surface area contributed by atoms with E-state index in [9.17, 15) is 0 Å². The smallest absolute Gasteiger partial charge is 0.0541 e. The van der Waals surface area contributed by atoms with Crippen molar-refractivity contribution in [1.29, 1.82) is 0 Å². The molecular formula is C46H38N2. The lowest BCUT2D eigenvalue weighted by molar-refractivity contribution is 0.636. The van der Waals surface area contributed by atoms with Gasteiger partial charge >= 0.3 is 0 Å². The first-order valence-corrected chi connectivity index (χ1v) is 16.7. The summed E-state index contributed by atoms with van der Waals surface area (Å²) in [5, 5.41) is 2.54.